The predicted molar refractivity (Wildman–Crippen MR) is 65.9 cm³/mol. The molecule has 2 saturated heterocycles. The van der Waals surface area contributed by atoms with Crippen LogP contribution in [-0.4, -0.2) is 41.4 Å². The number of hydrogen-bond acceptors (Lipinski definition) is 4. The summed E-state index contributed by atoms with van der Waals surface area (Å²) in [5.74, 6) is -0.488. The van der Waals surface area contributed by atoms with Crippen LogP contribution in [0.2, 0.25) is 0 Å². The van der Waals surface area contributed by atoms with Gasteiger partial charge >= 0.3 is 5.97 Å². The SMILES string of the molecule is CC1=CC(=O)C2C3CCC(C[C@]2(C)OC1=O)N3C. The Morgan fingerprint density at radius 2 is 2.11 bits per heavy atom. The second-order valence-corrected chi connectivity index (χ2v) is 6.08. The molecule has 0 saturated carbocycles. The molecule has 4 atom stereocenters. The molecular weight excluding hydrogens is 230 g/mol. The fourth-order valence-corrected chi connectivity index (χ4v) is 3.94. The summed E-state index contributed by atoms with van der Waals surface area (Å²) in [6, 6.07) is 0.659. The van der Waals surface area contributed by atoms with Gasteiger partial charge in [-0.3, -0.25) is 9.69 Å². The number of carbonyl (C=O) groups is 2. The molecule has 2 bridgehead atoms. The fourth-order valence-electron chi connectivity index (χ4n) is 3.94. The number of ketones is 1. The van der Waals surface area contributed by atoms with Gasteiger partial charge in [0.1, 0.15) is 5.60 Å². The topological polar surface area (TPSA) is 46.6 Å². The Bertz CT molecular complexity index is 456. The zero-order chi connectivity index (χ0) is 13.1. The van der Waals surface area contributed by atoms with Crippen LogP contribution in [0.3, 0.4) is 0 Å². The first-order valence-corrected chi connectivity index (χ1v) is 6.60. The number of allylic oxidation sites excluding steroid dienone is 1. The molecule has 98 valence electrons. The third-order valence-electron chi connectivity index (χ3n) is 4.89. The Morgan fingerprint density at radius 3 is 2.83 bits per heavy atom. The standard InChI is InChI=1S/C14H19NO3/c1-8-6-11(16)12-10-5-4-9(15(10)3)7-14(12,2)18-13(8)17/h6,9-10,12H,4-5,7H2,1-3H3/t9?,10?,12?,14-/m0/s1. The largest absolute Gasteiger partial charge is 0.455 e. The van der Waals surface area contributed by atoms with Gasteiger partial charge < -0.3 is 4.74 Å². The summed E-state index contributed by atoms with van der Waals surface area (Å²) in [5.41, 5.74) is -0.199. The summed E-state index contributed by atoms with van der Waals surface area (Å²) in [4.78, 5) is 26.6. The van der Waals surface area contributed by atoms with Crippen LogP contribution in [0.1, 0.15) is 33.1 Å². The maximum atomic E-state index is 12.4. The molecule has 3 rings (SSSR count). The molecule has 0 spiro atoms. The molecule has 4 heteroatoms. The number of carbonyl (C=O) groups excluding carboxylic acids is 2. The maximum Gasteiger partial charge on any atom is 0.334 e. The van der Waals surface area contributed by atoms with E-state index in [4.69, 9.17) is 4.74 Å². The zero-order valence-electron chi connectivity index (χ0n) is 11.1. The van der Waals surface area contributed by atoms with Crippen molar-refractivity contribution < 1.29 is 14.3 Å². The predicted octanol–water partition coefficient (Wildman–Crippen LogP) is 1.30. The van der Waals surface area contributed by atoms with Gasteiger partial charge in [0.05, 0.1) is 5.92 Å². The monoisotopic (exact) mass is 249 g/mol. The number of fused-ring (bicyclic) bond motifs is 4. The van der Waals surface area contributed by atoms with Gasteiger partial charge in [-0.05, 0) is 39.8 Å². The molecular formula is C14H19NO3. The quantitative estimate of drug-likeness (QED) is 0.607. The summed E-state index contributed by atoms with van der Waals surface area (Å²) >= 11 is 0. The Morgan fingerprint density at radius 1 is 1.39 bits per heavy atom. The Balaban J connectivity index is 2.05. The highest BCUT2D eigenvalue weighted by atomic mass is 16.6. The van der Waals surface area contributed by atoms with Crippen molar-refractivity contribution in [2.24, 2.45) is 5.92 Å². The van der Waals surface area contributed by atoms with E-state index in [2.05, 4.69) is 11.9 Å². The lowest BCUT2D eigenvalue weighted by atomic mass is 9.75. The molecule has 2 fully saturated rings. The lowest BCUT2D eigenvalue weighted by Crippen LogP contribution is -2.58. The molecule has 18 heavy (non-hydrogen) atoms. The lowest BCUT2D eigenvalue weighted by Gasteiger charge is -2.47. The van der Waals surface area contributed by atoms with Gasteiger partial charge in [-0.2, -0.15) is 0 Å². The van der Waals surface area contributed by atoms with Gasteiger partial charge in [0.15, 0.2) is 5.78 Å². The average molecular weight is 249 g/mol. The maximum absolute atomic E-state index is 12.4. The molecule has 3 aliphatic heterocycles. The molecule has 3 unspecified atom stereocenters. The molecule has 3 aliphatic rings. The highest BCUT2D eigenvalue weighted by molar-refractivity contribution is 6.02. The minimum absolute atomic E-state index is 0.0538. The third-order valence-corrected chi connectivity index (χ3v) is 4.89. The molecule has 0 aromatic heterocycles. The molecule has 3 heterocycles. The highest BCUT2D eigenvalue weighted by Gasteiger charge is 2.57. The smallest absolute Gasteiger partial charge is 0.334 e. The molecule has 0 aromatic rings. The van der Waals surface area contributed by atoms with Gasteiger partial charge in [0.2, 0.25) is 0 Å². The number of piperidine rings is 1. The second-order valence-electron chi connectivity index (χ2n) is 6.08. The Hall–Kier alpha value is -1.16. The van der Waals surface area contributed by atoms with E-state index in [9.17, 15) is 9.59 Å². The first-order chi connectivity index (χ1) is 8.42. The van der Waals surface area contributed by atoms with Crippen molar-refractivity contribution in [2.75, 3.05) is 7.05 Å². The molecule has 0 aliphatic carbocycles. The van der Waals surface area contributed by atoms with Crippen molar-refractivity contribution in [2.45, 2.75) is 50.8 Å². The summed E-state index contributed by atoms with van der Waals surface area (Å²) in [5, 5.41) is 0. The van der Waals surface area contributed by atoms with Gasteiger partial charge in [0, 0.05) is 24.1 Å². The molecule has 0 amide bonds. The number of rotatable bonds is 0. The minimum atomic E-state index is -0.624. The molecule has 0 N–H and O–H groups in total. The molecule has 4 nitrogen and oxygen atoms in total. The highest BCUT2D eigenvalue weighted by Crippen LogP contribution is 2.47. The van der Waals surface area contributed by atoms with Crippen LogP contribution in [0.4, 0.5) is 0 Å². The van der Waals surface area contributed by atoms with Crippen LogP contribution < -0.4 is 0 Å². The normalized spacial score (nSPS) is 44.2. The van der Waals surface area contributed by atoms with E-state index in [-0.39, 0.29) is 23.7 Å². The van der Waals surface area contributed by atoms with Crippen molar-refractivity contribution in [1.82, 2.24) is 4.90 Å². The minimum Gasteiger partial charge on any atom is -0.455 e. The number of ether oxygens (including phenoxy) is 1. The van der Waals surface area contributed by atoms with E-state index in [1.807, 2.05) is 6.92 Å². The summed E-state index contributed by atoms with van der Waals surface area (Å²) < 4.78 is 5.66. The van der Waals surface area contributed by atoms with Crippen LogP contribution in [0, 0.1) is 5.92 Å². The zero-order valence-corrected chi connectivity index (χ0v) is 11.1. The van der Waals surface area contributed by atoms with E-state index >= 15 is 0 Å². The van der Waals surface area contributed by atoms with Crippen molar-refractivity contribution >= 4 is 11.8 Å². The van der Waals surface area contributed by atoms with Crippen LogP contribution in [0.25, 0.3) is 0 Å². The fraction of sp³-hybridized carbons (Fsp3) is 0.714. The van der Waals surface area contributed by atoms with Gasteiger partial charge in [0.25, 0.3) is 0 Å². The summed E-state index contributed by atoms with van der Waals surface area (Å²) in [6.07, 6.45) is 4.37. The van der Waals surface area contributed by atoms with Gasteiger partial charge in [-0.25, -0.2) is 4.79 Å². The van der Waals surface area contributed by atoms with Crippen molar-refractivity contribution in [3.05, 3.63) is 11.6 Å². The average Bonchev–Trinajstić information content (AvgIpc) is 2.50. The third kappa shape index (κ3) is 1.48. The number of nitrogens with zero attached hydrogens (tertiary/aromatic N) is 1. The van der Waals surface area contributed by atoms with Crippen LogP contribution in [0.5, 0.6) is 0 Å². The number of hydrogen-bond donors (Lipinski definition) is 0. The first kappa shape index (κ1) is 11.9. The van der Waals surface area contributed by atoms with E-state index in [1.165, 1.54) is 6.08 Å². The van der Waals surface area contributed by atoms with Gasteiger partial charge in [-0.15, -0.1) is 0 Å². The second kappa shape index (κ2) is 3.67. The Labute approximate surface area is 107 Å². The van der Waals surface area contributed by atoms with Gasteiger partial charge in [-0.1, -0.05) is 0 Å². The molecule has 0 radical (unpaired) electrons. The van der Waals surface area contributed by atoms with Crippen LogP contribution >= 0.6 is 0 Å². The number of esters is 1. The first-order valence-electron chi connectivity index (χ1n) is 6.60. The van der Waals surface area contributed by atoms with Crippen LogP contribution in [-0.2, 0) is 14.3 Å². The van der Waals surface area contributed by atoms with E-state index in [0.29, 0.717) is 11.6 Å². The van der Waals surface area contributed by atoms with Crippen molar-refractivity contribution in [1.29, 1.82) is 0 Å². The Kier molecular flexibility index (Phi) is 2.43. The van der Waals surface area contributed by atoms with E-state index in [1.54, 1.807) is 6.92 Å². The summed E-state index contributed by atoms with van der Waals surface area (Å²) in [6.45, 7) is 3.58. The van der Waals surface area contributed by atoms with Crippen molar-refractivity contribution in [3.8, 4) is 0 Å². The summed E-state index contributed by atoms with van der Waals surface area (Å²) in [7, 11) is 2.08. The van der Waals surface area contributed by atoms with E-state index < -0.39 is 5.60 Å². The van der Waals surface area contributed by atoms with E-state index in [0.717, 1.165) is 19.3 Å². The van der Waals surface area contributed by atoms with Crippen molar-refractivity contribution in [3.63, 3.8) is 0 Å². The molecule has 0 aromatic carbocycles. The van der Waals surface area contributed by atoms with Crippen LogP contribution in [0.15, 0.2) is 11.6 Å². The lowest BCUT2D eigenvalue weighted by molar-refractivity contribution is -0.170.